The minimum absolute atomic E-state index is 0.218. The molecule has 0 aliphatic heterocycles. The van der Waals surface area contributed by atoms with Crippen LogP contribution in [-0.2, 0) is 14.3 Å². The zero-order valence-corrected chi connectivity index (χ0v) is 14.0. The molecule has 0 radical (unpaired) electrons. The van der Waals surface area contributed by atoms with Crippen molar-refractivity contribution in [3.05, 3.63) is 0 Å². The number of aliphatic hydroxyl groups excluding tert-OH is 1. The van der Waals surface area contributed by atoms with E-state index in [0.29, 0.717) is 32.1 Å². The van der Waals surface area contributed by atoms with E-state index in [1.54, 1.807) is 0 Å². The standard InChI is InChI=1S/C18H30O4/c1-3-4-6-11-16(19)12-7-5-8-13-17(20)14-9-10-15-18(21)22-2/h16,19H,3-6,8-11,13-15H2,1-2H3/t16-/m0/s1. The van der Waals surface area contributed by atoms with Gasteiger partial charge in [-0.25, -0.2) is 0 Å². The molecule has 0 aliphatic carbocycles. The maximum Gasteiger partial charge on any atom is 0.305 e. The first-order valence-electron chi connectivity index (χ1n) is 8.35. The summed E-state index contributed by atoms with van der Waals surface area (Å²) in [5, 5.41) is 9.61. The van der Waals surface area contributed by atoms with Crippen LogP contribution in [0.25, 0.3) is 0 Å². The highest BCUT2D eigenvalue weighted by Crippen LogP contribution is 2.06. The van der Waals surface area contributed by atoms with Crippen molar-refractivity contribution in [2.45, 2.75) is 83.7 Å². The molecule has 4 heteroatoms. The Labute approximate surface area is 134 Å². The molecule has 0 fully saturated rings. The van der Waals surface area contributed by atoms with Gasteiger partial charge in [0.15, 0.2) is 0 Å². The zero-order valence-electron chi connectivity index (χ0n) is 14.0. The third kappa shape index (κ3) is 13.6. The second kappa shape index (κ2) is 14.6. The number of Topliss-reactive ketones (excluding diaryl/α,β-unsaturated/α-hetero) is 1. The van der Waals surface area contributed by atoms with Crippen molar-refractivity contribution in [2.24, 2.45) is 0 Å². The van der Waals surface area contributed by atoms with Crippen molar-refractivity contribution in [1.82, 2.24) is 0 Å². The maximum absolute atomic E-state index is 11.6. The molecule has 0 saturated carbocycles. The largest absolute Gasteiger partial charge is 0.469 e. The maximum atomic E-state index is 11.6. The molecule has 22 heavy (non-hydrogen) atoms. The third-order valence-electron chi connectivity index (χ3n) is 3.42. The SMILES string of the molecule is CCCCC[C@H](O)C#CCCCC(=O)CCCCC(=O)OC. The zero-order chi connectivity index (χ0) is 16.6. The number of methoxy groups -OCH3 is 1. The predicted octanol–water partition coefficient (Wildman–Crippen LogP) is 3.40. The van der Waals surface area contributed by atoms with Crippen LogP contribution < -0.4 is 0 Å². The molecule has 126 valence electrons. The third-order valence-corrected chi connectivity index (χ3v) is 3.42. The van der Waals surface area contributed by atoms with E-state index in [-0.39, 0.29) is 11.8 Å². The summed E-state index contributed by atoms with van der Waals surface area (Å²) in [6.07, 6.45) is 7.73. The molecule has 0 spiro atoms. The Morgan fingerprint density at radius 1 is 1.05 bits per heavy atom. The minimum Gasteiger partial charge on any atom is -0.469 e. The second-order valence-corrected chi connectivity index (χ2v) is 5.51. The van der Waals surface area contributed by atoms with Crippen molar-refractivity contribution in [3.8, 4) is 11.8 Å². The first kappa shape index (κ1) is 20.7. The van der Waals surface area contributed by atoms with Crippen LogP contribution in [0.2, 0.25) is 0 Å². The number of rotatable bonds is 12. The smallest absolute Gasteiger partial charge is 0.305 e. The Hall–Kier alpha value is -1.34. The quantitative estimate of drug-likeness (QED) is 0.341. The molecule has 0 aromatic carbocycles. The Morgan fingerprint density at radius 2 is 1.73 bits per heavy atom. The predicted molar refractivity (Wildman–Crippen MR) is 87.3 cm³/mol. The number of ketones is 1. The molecule has 0 unspecified atom stereocenters. The molecule has 0 bridgehead atoms. The van der Waals surface area contributed by atoms with Crippen molar-refractivity contribution in [2.75, 3.05) is 7.11 Å². The molecule has 4 nitrogen and oxygen atoms in total. The van der Waals surface area contributed by atoms with E-state index in [4.69, 9.17) is 0 Å². The fraction of sp³-hybridized carbons (Fsp3) is 0.778. The van der Waals surface area contributed by atoms with Gasteiger partial charge in [-0.15, -0.1) is 5.92 Å². The first-order valence-corrected chi connectivity index (χ1v) is 8.35. The van der Waals surface area contributed by atoms with Crippen LogP contribution >= 0.6 is 0 Å². The molecule has 1 atom stereocenters. The Morgan fingerprint density at radius 3 is 2.41 bits per heavy atom. The van der Waals surface area contributed by atoms with Crippen molar-refractivity contribution in [3.63, 3.8) is 0 Å². The topological polar surface area (TPSA) is 63.6 Å². The molecule has 0 aromatic rings. The van der Waals surface area contributed by atoms with Gasteiger partial charge in [0.1, 0.15) is 11.9 Å². The number of ether oxygens (including phenoxy) is 1. The highest BCUT2D eigenvalue weighted by atomic mass is 16.5. The number of carbonyl (C=O) groups excluding carboxylic acids is 2. The van der Waals surface area contributed by atoms with E-state index >= 15 is 0 Å². The fourth-order valence-electron chi connectivity index (χ4n) is 2.04. The summed E-state index contributed by atoms with van der Waals surface area (Å²) in [5.74, 6) is 5.77. The summed E-state index contributed by atoms with van der Waals surface area (Å²) < 4.78 is 4.54. The number of hydrogen-bond donors (Lipinski definition) is 1. The number of carbonyl (C=O) groups is 2. The molecule has 1 N–H and O–H groups in total. The summed E-state index contributed by atoms with van der Waals surface area (Å²) in [6.45, 7) is 2.13. The Balaban J connectivity index is 3.54. The van der Waals surface area contributed by atoms with Gasteiger partial charge in [0.2, 0.25) is 0 Å². The molecule has 0 amide bonds. The van der Waals surface area contributed by atoms with Crippen LogP contribution in [0.4, 0.5) is 0 Å². The highest BCUT2D eigenvalue weighted by molar-refractivity contribution is 5.78. The van der Waals surface area contributed by atoms with Crippen LogP contribution in [0.1, 0.15) is 77.6 Å². The summed E-state index contributed by atoms with van der Waals surface area (Å²) >= 11 is 0. The van der Waals surface area contributed by atoms with Gasteiger partial charge in [0.25, 0.3) is 0 Å². The van der Waals surface area contributed by atoms with Gasteiger partial charge in [-0.2, -0.15) is 0 Å². The van der Waals surface area contributed by atoms with Crippen molar-refractivity contribution in [1.29, 1.82) is 0 Å². The first-order chi connectivity index (χ1) is 10.6. The minimum atomic E-state index is -0.527. The van der Waals surface area contributed by atoms with E-state index in [9.17, 15) is 14.7 Å². The average molecular weight is 310 g/mol. The molecule has 0 saturated heterocycles. The fourth-order valence-corrected chi connectivity index (χ4v) is 2.04. The monoisotopic (exact) mass is 310 g/mol. The van der Waals surface area contributed by atoms with E-state index in [0.717, 1.165) is 38.5 Å². The lowest BCUT2D eigenvalue weighted by Gasteiger charge is -2.01. The molecule has 0 rings (SSSR count). The van der Waals surface area contributed by atoms with Gasteiger partial charge in [0.05, 0.1) is 7.11 Å². The number of hydrogen-bond acceptors (Lipinski definition) is 4. The number of aliphatic hydroxyl groups is 1. The Kier molecular flexibility index (Phi) is 13.7. The summed E-state index contributed by atoms with van der Waals surface area (Å²) in [7, 11) is 1.37. The van der Waals surface area contributed by atoms with Gasteiger partial charge < -0.3 is 9.84 Å². The van der Waals surface area contributed by atoms with Gasteiger partial charge >= 0.3 is 5.97 Å². The lowest BCUT2D eigenvalue weighted by molar-refractivity contribution is -0.140. The molecular weight excluding hydrogens is 280 g/mol. The van der Waals surface area contributed by atoms with E-state index in [1.807, 2.05) is 0 Å². The van der Waals surface area contributed by atoms with Crippen molar-refractivity contribution < 1.29 is 19.4 Å². The molecule has 0 aromatic heterocycles. The normalized spacial score (nSPS) is 11.4. The van der Waals surface area contributed by atoms with Crippen LogP contribution in [0.3, 0.4) is 0 Å². The highest BCUT2D eigenvalue weighted by Gasteiger charge is 2.04. The van der Waals surface area contributed by atoms with E-state index < -0.39 is 6.10 Å². The number of esters is 1. The van der Waals surface area contributed by atoms with E-state index in [1.165, 1.54) is 7.11 Å². The van der Waals surface area contributed by atoms with Crippen LogP contribution in [0.15, 0.2) is 0 Å². The lowest BCUT2D eigenvalue weighted by Crippen LogP contribution is -2.02. The second-order valence-electron chi connectivity index (χ2n) is 5.51. The summed E-state index contributed by atoms with van der Waals surface area (Å²) in [4.78, 5) is 22.5. The Bertz CT molecular complexity index is 365. The molecule has 0 aliphatic rings. The van der Waals surface area contributed by atoms with Crippen molar-refractivity contribution >= 4 is 11.8 Å². The van der Waals surface area contributed by atoms with Gasteiger partial charge in [-0.05, 0) is 32.1 Å². The van der Waals surface area contributed by atoms with E-state index in [2.05, 4.69) is 23.5 Å². The van der Waals surface area contributed by atoms with Crippen LogP contribution in [-0.4, -0.2) is 30.1 Å². The van der Waals surface area contributed by atoms with Gasteiger partial charge in [-0.3, -0.25) is 9.59 Å². The van der Waals surface area contributed by atoms with Gasteiger partial charge in [0, 0.05) is 25.7 Å². The lowest BCUT2D eigenvalue weighted by atomic mass is 10.1. The van der Waals surface area contributed by atoms with Crippen LogP contribution in [0, 0.1) is 11.8 Å². The molecule has 0 heterocycles. The van der Waals surface area contributed by atoms with Gasteiger partial charge in [-0.1, -0.05) is 25.7 Å². The summed E-state index contributed by atoms with van der Waals surface area (Å²) in [6, 6.07) is 0. The average Bonchev–Trinajstić information content (AvgIpc) is 2.51. The summed E-state index contributed by atoms with van der Waals surface area (Å²) in [5.41, 5.74) is 0. The number of unbranched alkanes of at least 4 members (excludes halogenated alkanes) is 4. The molecular formula is C18H30O4. The van der Waals surface area contributed by atoms with Crippen LogP contribution in [0.5, 0.6) is 0 Å².